The van der Waals surface area contributed by atoms with E-state index in [0.29, 0.717) is 17.9 Å². The smallest absolute Gasteiger partial charge is 0.279 e. The van der Waals surface area contributed by atoms with Gasteiger partial charge in [0.1, 0.15) is 11.5 Å². The Morgan fingerprint density at radius 1 is 1.21 bits per heavy atom. The predicted molar refractivity (Wildman–Crippen MR) is 86.5 cm³/mol. The van der Waals surface area contributed by atoms with Crippen LogP contribution in [0, 0.1) is 0 Å². The van der Waals surface area contributed by atoms with Gasteiger partial charge >= 0.3 is 0 Å². The van der Waals surface area contributed by atoms with Gasteiger partial charge < -0.3 is 9.47 Å². The second kappa shape index (κ2) is 8.00. The second-order valence-corrected chi connectivity index (χ2v) is 5.01. The minimum absolute atomic E-state index is 0.345. The fraction of sp³-hybridized carbons (Fsp3) is 0.312. The molecule has 0 saturated carbocycles. The molecule has 1 aromatic heterocycles. The summed E-state index contributed by atoms with van der Waals surface area (Å²) in [4.78, 5) is 23.8. The third kappa shape index (κ3) is 4.73. The summed E-state index contributed by atoms with van der Waals surface area (Å²) in [6.07, 6.45) is 2.17. The molecule has 0 aliphatic rings. The largest absolute Gasteiger partial charge is 0.494 e. The topological polar surface area (TPSA) is 94.5 Å². The van der Waals surface area contributed by atoms with E-state index in [2.05, 4.69) is 16.0 Å². The monoisotopic (exact) mass is 332 g/mol. The Balaban J connectivity index is 1.82. The van der Waals surface area contributed by atoms with Crippen molar-refractivity contribution in [3.05, 3.63) is 42.2 Å². The van der Waals surface area contributed by atoms with E-state index in [4.69, 9.17) is 9.47 Å². The van der Waals surface area contributed by atoms with Gasteiger partial charge in [-0.05, 0) is 38.1 Å². The van der Waals surface area contributed by atoms with E-state index in [0.717, 1.165) is 5.75 Å². The van der Waals surface area contributed by atoms with Crippen molar-refractivity contribution in [1.82, 2.24) is 20.6 Å². The quantitative estimate of drug-likeness (QED) is 0.771. The van der Waals surface area contributed by atoms with Gasteiger partial charge in [0, 0.05) is 13.2 Å². The van der Waals surface area contributed by atoms with Gasteiger partial charge in [-0.3, -0.25) is 25.1 Å². The minimum Gasteiger partial charge on any atom is -0.494 e. The molecular weight excluding hydrogens is 312 g/mol. The Morgan fingerprint density at radius 2 is 1.88 bits per heavy atom. The number of aryl methyl sites for hydroxylation is 1. The highest BCUT2D eigenvalue weighted by atomic mass is 16.5. The van der Waals surface area contributed by atoms with Crippen molar-refractivity contribution < 1.29 is 19.1 Å². The van der Waals surface area contributed by atoms with Crippen LogP contribution in [0.4, 0.5) is 0 Å². The number of rotatable bonds is 6. The Hall–Kier alpha value is -3.03. The number of hydrogen-bond donors (Lipinski definition) is 2. The van der Waals surface area contributed by atoms with E-state index in [-0.39, 0.29) is 0 Å². The number of hydrazine groups is 1. The summed E-state index contributed by atoms with van der Waals surface area (Å²) >= 11 is 0. The number of carbonyl (C=O) groups excluding carboxylic acids is 2. The molecule has 2 rings (SSSR count). The molecule has 0 aliphatic heterocycles. The van der Waals surface area contributed by atoms with Crippen LogP contribution in [-0.4, -0.2) is 34.3 Å². The number of ether oxygens (including phenoxy) is 2. The van der Waals surface area contributed by atoms with E-state index >= 15 is 0 Å². The molecule has 8 heteroatoms. The molecule has 0 radical (unpaired) electrons. The number of carbonyl (C=O) groups is 2. The molecule has 128 valence electrons. The number of benzene rings is 1. The summed E-state index contributed by atoms with van der Waals surface area (Å²) in [7, 11) is 1.70. The first-order valence-electron chi connectivity index (χ1n) is 7.48. The van der Waals surface area contributed by atoms with Crippen molar-refractivity contribution in [2.24, 2.45) is 7.05 Å². The van der Waals surface area contributed by atoms with Crippen molar-refractivity contribution in [3.8, 4) is 11.5 Å². The third-order valence-electron chi connectivity index (χ3n) is 3.08. The number of nitrogens with one attached hydrogen (secondary N) is 2. The Labute approximate surface area is 139 Å². The maximum Gasteiger partial charge on any atom is 0.279 e. The summed E-state index contributed by atoms with van der Waals surface area (Å²) in [6, 6.07) is 6.94. The lowest BCUT2D eigenvalue weighted by molar-refractivity contribution is -0.128. The molecule has 0 spiro atoms. The molecule has 24 heavy (non-hydrogen) atoms. The van der Waals surface area contributed by atoms with Crippen LogP contribution in [-0.2, 0) is 11.8 Å². The zero-order valence-corrected chi connectivity index (χ0v) is 13.8. The van der Waals surface area contributed by atoms with E-state index in [1.54, 1.807) is 44.4 Å². The van der Waals surface area contributed by atoms with Crippen molar-refractivity contribution in [1.29, 1.82) is 0 Å². The molecule has 0 unspecified atom stereocenters. The highest BCUT2D eigenvalue weighted by molar-refractivity contribution is 5.95. The van der Waals surface area contributed by atoms with E-state index in [1.165, 1.54) is 10.9 Å². The van der Waals surface area contributed by atoms with Gasteiger partial charge in [-0.1, -0.05) is 0 Å². The van der Waals surface area contributed by atoms with Gasteiger partial charge in [0.05, 0.1) is 18.4 Å². The second-order valence-electron chi connectivity index (χ2n) is 5.01. The highest BCUT2D eigenvalue weighted by Crippen LogP contribution is 2.18. The standard InChI is InChI=1S/C16H20N4O4/c1-4-23-13-5-7-14(8-6-13)24-11(2)15(21)18-19-16(22)12-9-17-20(3)10-12/h5-11H,4H2,1-3H3,(H,18,21)(H,19,22)/t11-/m1/s1. The molecule has 2 N–H and O–H groups in total. The zero-order chi connectivity index (χ0) is 17.5. The summed E-state index contributed by atoms with van der Waals surface area (Å²) in [5, 5.41) is 3.88. The van der Waals surface area contributed by atoms with Gasteiger partial charge in [-0.25, -0.2) is 0 Å². The van der Waals surface area contributed by atoms with Crippen LogP contribution in [0.3, 0.4) is 0 Å². The average Bonchev–Trinajstić information content (AvgIpc) is 3.01. The van der Waals surface area contributed by atoms with Gasteiger partial charge in [0.25, 0.3) is 11.8 Å². The molecule has 0 saturated heterocycles. The fourth-order valence-corrected chi connectivity index (χ4v) is 1.87. The van der Waals surface area contributed by atoms with Crippen molar-refractivity contribution >= 4 is 11.8 Å². The number of nitrogens with zero attached hydrogens (tertiary/aromatic N) is 2. The Kier molecular flexibility index (Phi) is 5.78. The average molecular weight is 332 g/mol. The summed E-state index contributed by atoms with van der Waals surface area (Å²) < 4.78 is 12.3. The van der Waals surface area contributed by atoms with E-state index < -0.39 is 17.9 Å². The minimum atomic E-state index is -0.780. The summed E-state index contributed by atoms with van der Waals surface area (Å²) in [5.41, 5.74) is 4.97. The first-order chi connectivity index (χ1) is 11.5. The van der Waals surface area contributed by atoms with Crippen molar-refractivity contribution in [2.75, 3.05) is 6.61 Å². The van der Waals surface area contributed by atoms with Gasteiger partial charge in [0.15, 0.2) is 6.10 Å². The lowest BCUT2D eigenvalue weighted by atomic mass is 10.3. The van der Waals surface area contributed by atoms with Crippen LogP contribution in [0.25, 0.3) is 0 Å². The molecule has 2 amide bonds. The molecule has 1 aromatic carbocycles. The lowest BCUT2D eigenvalue weighted by Gasteiger charge is -2.15. The van der Waals surface area contributed by atoms with Gasteiger partial charge in [0.2, 0.25) is 0 Å². The summed E-state index contributed by atoms with van der Waals surface area (Å²) in [6.45, 7) is 4.06. The Bertz CT molecular complexity index is 696. The van der Waals surface area contributed by atoms with Gasteiger partial charge in [-0.2, -0.15) is 5.10 Å². The van der Waals surface area contributed by atoms with Crippen LogP contribution in [0.15, 0.2) is 36.7 Å². The molecular formula is C16H20N4O4. The maximum atomic E-state index is 12.0. The van der Waals surface area contributed by atoms with Crippen LogP contribution >= 0.6 is 0 Å². The van der Waals surface area contributed by atoms with Crippen molar-refractivity contribution in [2.45, 2.75) is 20.0 Å². The molecule has 0 fully saturated rings. The molecule has 1 heterocycles. The normalized spacial score (nSPS) is 11.5. The predicted octanol–water partition coefficient (Wildman–Crippen LogP) is 1.05. The molecule has 8 nitrogen and oxygen atoms in total. The SMILES string of the molecule is CCOc1ccc(O[C@H](C)C(=O)NNC(=O)c2cnn(C)c2)cc1. The van der Waals surface area contributed by atoms with Crippen LogP contribution < -0.4 is 20.3 Å². The molecule has 0 aliphatic carbocycles. The lowest BCUT2D eigenvalue weighted by Crippen LogP contribution is -2.47. The third-order valence-corrected chi connectivity index (χ3v) is 3.08. The fourth-order valence-electron chi connectivity index (χ4n) is 1.87. The first-order valence-corrected chi connectivity index (χ1v) is 7.48. The Morgan fingerprint density at radius 3 is 2.46 bits per heavy atom. The zero-order valence-electron chi connectivity index (χ0n) is 13.8. The van der Waals surface area contributed by atoms with Crippen LogP contribution in [0.5, 0.6) is 11.5 Å². The van der Waals surface area contributed by atoms with Crippen LogP contribution in [0.1, 0.15) is 24.2 Å². The van der Waals surface area contributed by atoms with Crippen LogP contribution in [0.2, 0.25) is 0 Å². The summed E-state index contributed by atoms with van der Waals surface area (Å²) in [5.74, 6) is 0.330. The van der Waals surface area contributed by atoms with E-state index in [1.807, 2.05) is 6.92 Å². The van der Waals surface area contributed by atoms with E-state index in [9.17, 15) is 9.59 Å². The number of aromatic nitrogens is 2. The first kappa shape index (κ1) is 17.3. The highest BCUT2D eigenvalue weighted by Gasteiger charge is 2.16. The molecule has 2 aromatic rings. The molecule has 0 bridgehead atoms. The number of hydrogen-bond acceptors (Lipinski definition) is 5. The van der Waals surface area contributed by atoms with Crippen molar-refractivity contribution in [3.63, 3.8) is 0 Å². The maximum absolute atomic E-state index is 12.0. The van der Waals surface area contributed by atoms with Gasteiger partial charge in [-0.15, -0.1) is 0 Å². The molecule has 1 atom stereocenters. The number of amides is 2.